The summed E-state index contributed by atoms with van der Waals surface area (Å²) in [4.78, 5) is 22.2. The van der Waals surface area contributed by atoms with E-state index in [0.717, 1.165) is 13.1 Å². The molecule has 1 atom stereocenters. The maximum Gasteiger partial charge on any atom is 0.354 e. The van der Waals surface area contributed by atoms with E-state index in [1.165, 1.54) is 37.3 Å². The number of aryl methyl sites for hydroxylation is 1. The molecule has 1 fully saturated rings. The van der Waals surface area contributed by atoms with Gasteiger partial charge in [0.25, 0.3) is 0 Å². The Labute approximate surface area is 154 Å². The van der Waals surface area contributed by atoms with Gasteiger partial charge in [-0.3, -0.25) is 4.90 Å². The van der Waals surface area contributed by atoms with Crippen molar-refractivity contribution < 1.29 is 9.90 Å². The molecule has 2 N–H and O–H groups in total. The number of carboxylic acids is 1. The van der Waals surface area contributed by atoms with Gasteiger partial charge in [-0.1, -0.05) is 43.2 Å². The first-order chi connectivity index (χ1) is 12.6. The summed E-state index contributed by atoms with van der Waals surface area (Å²) >= 11 is 0. The Morgan fingerprint density at radius 1 is 1.15 bits per heavy atom. The minimum Gasteiger partial charge on any atom is -0.477 e. The van der Waals surface area contributed by atoms with Gasteiger partial charge in [0.1, 0.15) is 0 Å². The molecule has 0 amide bonds. The van der Waals surface area contributed by atoms with E-state index in [-0.39, 0.29) is 11.7 Å². The lowest BCUT2D eigenvalue weighted by atomic mass is 10.0. The number of benzene rings is 1. The zero-order valence-electron chi connectivity index (χ0n) is 15.2. The van der Waals surface area contributed by atoms with Gasteiger partial charge in [0.2, 0.25) is 5.95 Å². The van der Waals surface area contributed by atoms with E-state index in [9.17, 15) is 9.90 Å². The van der Waals surface area contributed by atoms with Crippen LogP contribution in [-0.2, 0) is 0 Å². The number of carbonyl (C=O) groups is 1. The quantitative estimate of drug-likeness (QED) is 0.826. The highest BCUT2D eigenvalue weighted by Gasteiger charge is 2.22. The standard InChI is InChI=1S/C20H26N4O2/c1-15-13-17(19(25)26)23-20(22-15)21-14-18(16-9-5-4-6-10-16)24-11-7-2-3-8-12-24/h4-6,9-10,13,18H,2-3,7-8,11-12,14H2,1H3,(H,25,26)(H,21,22,23). The Kier molecular flexibility index (Phi) is 6.17. The molecule has 0 radical (unpaired) electrons. The summed E-state index contributed by atoms with van der Waals surface area (Å²) < 4.78 is 0. The summed E-state index contributed by atoms with van der Waals surface area (Å²) in [5.74, 6) is -0.663. The minimum absolute atomic E-state index is 0.0195. The number of aromatic nitrogens is 2. The Morgan fingerprint density at radius 3 is 2.50 bits per heavy atom. The largest absolute Gasteiger partial charge is 0.477 e. The van der Waals surface area contributed by atoms with Gasteiger partial charge in [0.15, 0.2) is 5.69 Å². The topological polar surface area (TPSA) is 78.3 Å². The van der Waals surface area contributed by atoms with Crippen molar-refractivity contribution in [1.82, 2.24) is 14.9 Å². The Morgan fingerprint density at radius 2 is 1.85 bits per heavy atom. The molecule has 1 aromatic carbocycles. The molecule has 0 aliphatic carbocycles. The Balaban J connectivity index is 1.79. The lowest BCUT2D eigenvalue weighted by Crippen LogP contribution is -2.34. The van der Waals surface area contributed by atoms with E-state index < -0.39 is 5.97 Å². The fourth-order valence-electron chi connectivity index (χ4n) is 3.48. The van der Waals surface area contributed by atoms with Crippen LogP contribution in [0.5, 0.6) is 0 Å². The summed E-state index contributed by atoms with van der Waals surface area (Å²) in [6.07, 6.45) is 5.00. The molecule has 26 heavy (non-hydrogen) atoms. The molecule has 2 aromatic rings. The molecular formula is C20H26N4O2. The summed E-state index contributed by atoms with van der Waals surface area (Å²) in [5.41, 5.74) is 1.92. The summed E-state index contributed by atoms with van der Waals surface area (Å²) in [7, 11) is 0. The number of rotatable bonds is 6. The van der Waals surface area contributed by atoms with Crippen LogP contribution in [0.4, 0.5) is 5.95 Å². The first-order valence-electron chi connectivity index (χ1n) is 9.25. The smallest absolute Gasteiger partial charge is 0.354 e. The van der Waals surface area contributed by atoms with Crippen molar-refractivity contribution in [3.8, 4) is 0 Å². The van der Waals surface area contributed by atoms with Crippen molar-refractivity contribution in [3.63, 3.8) is 0 Å². The molecule has 1 aromatic heterocycles. The van der Waals surface area contributed by atoms with Crippen molar-refractivity contribution in [3.05, 3.63) is 53.3 Å². The van der Waals surface area contributed by atoms with E-state index in [2.05, 4.69) is 44.5 Å². The summed E-state index contributed by atoms with van der Waals surface area (Å²) in [6.45, 7) is 4.59. The predicted octanol–water partition coefficient (Wildman–Crippen LogP) is 3.51. The monoisotopic (exact) mass is 354 g/mol. The van der Waals surface area contributed by atoms with E-state index in [0.29, 0.717) is 18.2 Å². The lowest BCUT2D eigenvalue weighted by molar-refractivity contribution is 0.0690. The fourth-order valence-corrected chi connectivity index (χ4v) is 3.48. The summed E-state index contributed by atoms with van der Waals surface area (Å²) in [6, 6.07) is 12.1. The van der Waals surface area contributed by atoms with Crippen LogP contribution in [0.1, 0.15) is 53.5 Å². The van der Waals surface area contributed by atoms with Crippen LogP contribution < -0.4 is 5.32 Å². The molecule has 2 heterocycles. The molecular weight excluding hydrogens is 328 g/mol. The number of hydrogen-bond acceptors (Lipinski definition) is 5. The molecule has 1 aliphatic rings. The molecule has 6 nitrogen and oxygen atoms in total. The average molecular weight is 354 g/mol. The minimum atomic E-state index is -1.04. The van der Waals surface area contributed by atoms with Gasteiger partial charge in [0.05, 0.1) is 6.04 Å². The second-order valence-corrected chi connectivity index (χ2v) is 6.78. The third kappa shape index (κ3) is 4.79. The van der Waals surface area contributed by atoms with Gasteiger partial charge in [-0.25, -0.2) is 14.8 Å². The van der Waals surface area contributed by atoms with Crippen LogP contribution >= 0.6 is 0 Å². The second kappa shape index (κ2) is 8.76. The molecule has 0 saturated carbocycles. The van der Waals surface area contributed by atoms with Gasteiger partial charge in [-0.15, -0.1) is 0 Å². The summed E-state index contributed by atoms with van der Waals surface area (Å²) in [5, 5.41) is 12.5. The zero-order chi connectivity index (χ0) is 18.4. The van der Waals surface area contributed by atoms with E-state index >= 15 is 0 Å². The zero-order valence-corrected chi connectivity index (χ0v) is 15.2. The number of carboxylic acid groups (broad SMARTS) is 1. The molecule has 6 heteroatoms. The highest BCUT2D eigenvalue weighted by molar-refractivity contribution is 5.85. The van der Waals surface area contributed by atoms with Crippen LogP contribution in [0.25, 0.3) is 0 Å². The second-order valence-electron chi connectivity index (χ2n) is 6.78. The Hall–Kier alpha value is -2.47. The van der Waals surface area contributed by atoms with Crippen LogP contribution in [0.15, 0.2) is 36.4 Å². The molecule has 1 aliphatic heterocycles. The molecule has 1 saturated heterocycles. The van der Waals surface area contributed by atoms with Crippen LogP contribution in [0, 0.1) is 6.92 Å². The maximum absolute atomic E-state index is 11.2. The number of likely N-dealkylation sites (tertiary alicyclic amines) is 1. The predicted molar refractivity (Wildman–Crippen MR) is 101 cm³/mol. The van der Waals surface area contributed by atoms with E-state index in [1.807, 2.05) is 6.07 Å². The highest BCUT2D eigenvalue weighted by Crippen LogP contribution is 2.24. The van der Waals surface area contributed by atoms with Crippen molar-refractivity contribution in [2.24, 2.45) is 0 Å². The number of hydrogen-bond donors (Lipinski definition) is 2. The van der Waals surface area contributed by atoms with Crippen molar-refractivity contribution in [2.75, 3.05) is 25.0 Å². The lowest BCUT2D eigenvalue weighted by Gasteiger charge is -2.31. The molecule has 0 bridgehead atoms. The van der Waals surface area contributed by atoms with Crippen LogP contribution in [0.2, 0.25) is 0 Å². The van der Waals surface area contributed by atoms with Crippen LogP contribution in [0.3, 0.4) is 0 Å². The van der Waals surface area contributed by atoms with Gasteiger partial charge in [-0.05, 0) is 44.5 Å². The molecule has 3 rings (SSSR count). The first kappa shape index (κ1) is 18.3. The van der Waals surface area contributed by atoms with Gasteiger partial charge in [-0.2, -0.15) is 0 Å². The maximum atomic E-state index is 11.2. The van der Waals surface area contributed by atoms with Gasteiger partial charge in [0, 0.05) is 12.2 Å². The molecule has 1 unspecified atom stereocenters. The SMILES string of the molecule is Cc1cc(C(=O)O)nc(NCC(c2ccccc2)N2CCCCCC2)n1. The van der Waals surface area contributed by atoms with E-state index in [1.54, 1.807) is 6.92 Å². The average Bonchev–Trinajstić information content (AvgIpc) is 2.92. The first-order valence-corrected chi connectivity index (χ1v) is 9.25. The van der Waals surface area contributed by atoms with E-state index in [4.69, 9.17) is 0 Å². The fraction of sp³-hybridized carbons (Fsp3) is 0.450. The third-order valence-corrected chi connectivity index (χ3v) is 4.79. The highest BCUT2D eigenvalue weighted by atomic mass is 16.4. The number of aromatic carboxylic acids is 1. The molecule has 138 valence electrons. The van der Waals surface area contributed by atoms with Crippen molar-refractivity contribution in [2.45, 2.75) is 38.6 Å². The Bertz CT molecular complexity index is 728. The number of nitrogens with zero attached hydrogens (tertiary/aromatic N) is 3. The van der Waals surface area contributed by atoms with Crippen LogP contribution in [-0.4, -0.2) is 45.6 Å². The number of anilines is 1. The van der Waals surface area contributed by atoms with Gasteiger partial charge < -0.3 is 10.4 Å². The third-order valence-electron chi connectivity index (χ3n) is 4.79. The van der Waals surface area contributed by atoms with Crippen molar-refractivity contribution in [1.29, 1.82) is 0 Å². The van der Waals surface area contributed by atoms with Crippen molar-refractivity contribution >= 4 is 11.9 Å². The number of nitrogens with one attached hydrogen (secondary N) is 1. The molecule has 0 spiro atoms. The van der Waals surface area contributed by atoms with Gasteiger partial charge >= 0.3 is 5.97 Å². The normalized spacial score (nSPS) is 16.7.